The molecule has 0 radical (unpaired) electrons. The zero-order valence-electron chi connectivity index (χ0n) is 32.2. The van der Waals surface area contributed by atoms with Gasteiger partial charge in [0.25, 0.3) is 0 Å². The van der Waals surface area contributed by atoms with Crippen molar-refractivity contribution in [2.24, 2.45) is 0 Å². The molecule has 276 valence electrons. The molecule has 0 spiro atoms. The van der Waals surface area contributed by atoms with Gasteiger partial charge in [-0.25, -0.2) is 0 Å². The molecule has 0 fully saturated rings. The minimum atomic E-state index is 1.08. The summed E-state index contributed by atoms with van der Waals surface area (Å²) in [6.45, 7) is 0. The molecular formula is C56H42N2. The maximum Gasteiger partial charge on any atom is 0.0540 e. The Morgan fingerprint density at radius 3 is 1.50 bits per heavy atom. The number of nitrogens with zero attached hydrogens (tertiary/aromatic N) is 2. The van der Waals surface area contributed by atoms with E-state index in [4.69, 9.17) is 0 Å². The number of benzene rings is 9. The molecule has 0 unspecified atom stereocenters. The van der Waals surface area contributed by atoms with Crippen LogP contribution in [0.3, 0.4) is 0 Å². The highest BCUT2D eigenvalue weighted by Gasteiger charge is 2.20. The predicted molar refractivity (Wildman–Crippen MR) is 247 cm³/mol. The topological polar surface area (TPSA) is 6.48 Å². The van der Waals surface area contributed by atoms with E-state index in [1.165, 1.54) is 61.0 Å². The predicted octanol–water partition coefficient (Wildman–Crippen LogP) is 15.7. The molecule has 0 N–H and O–H groups in total. The normalized spacial score (nSPS) is 11.9. The lowest BCUT2D eigenvalue weighted by atomic mass is 9.95. The van der Waals surface area contributed by atoms with Crippen LogP contribution in [0.1, 0.15) is 17.5 Å². The number of rotatable bonds is 9. The zero-order chi connectivity index (χ0) is 38.7. The van der Waals surface area contributed by atoms with Crippen LogP contribution in [0.5, 0.6) is 0 Å². The third-order valence-electron chi connectivity index (χ3n) is 11.3. The smallest absolute Gasteiger partial charge is 0.0540 e. The third-order valence-corrected chi connectivity index (χ3v) is 11.3. The first-order valence-corrected chi connectivity index (χ1v) is 20.2. The van der Waals surface area contributed by atoms with Crippen molar-refractivity contribution in [2.75, 3.05) is 9.80 Å². The third kappa shape index (κ3) is 6.76. The number of hydrogen-bond donors (Lipinski definition) is 0. The summed E-state index contributed by atoms with van der Waals surface area (Å²) in [4.78, 5) is 4.75. The van der Waals surface area contributed by atoms with E-state index >= 15 is 0 Å². The standard InChI is InChI=1S/C56H42N2/c1-3-19-47(20-4-1)57(50-39-35-45(36-40-50)52-26-13-17-43-15-7-9-23-51(43)52)55-27-12-11-25-54(55)46-31-29-41(30-32-46)42-33-37-49(38-34-42)58(48-21-5-2-6-22-48)56-28-14-18-44-16-8-10-24-53(44)56/h1-7,9-15,17-40H,8,16H2. The second kappa shape index (κ2) is 15.6. The number of aryl methyl sites for hydroxylation is 1. The van der Waals surface area contributed by atoms with Gasteiger partial charge >= 0.3 is 0 Å². The van der Waals surface area contributed by atoms with E-state index in [1.807, 2.05) is 0 Å². The van der Waals surface area contributed by atoms with Crippen molar-refractivity contribution in [2.45, 2.75) is 12.8 Å². The molecule has 2 heteroatoms. The molecular weight excluding hydrogens is 701 g/mol. The molecule has 2 nitrogen and oxygen atoms in total. The number of hydrogen-bond acceptors (Lipinski definition) is 2. The molecule has 58 heavy (non-hydrogen) atoms. The van der Waals surface area contributed by atoms with Crippen molar-refractivity contribution in [1.29, 1.82) is 0 Å². The van der Waals surface area contributed by atoms with Crippen molar-refractivity contribution in [3.8, 4) is 33.4 Å². The quantitative estimate of drug-likeness (QED) is 0.145. The summed E-state index contributed by atoms with van der Waals surface area (Å²) in [5.74, 6) is 0. The molecule has 0 atom stereocenters. The molecule has 0 aliphatic heterocycles. The van der Waals surface area contributed by atoms with Gasteiger partial charge < -0.3 is 9.80 Å². The Kier molecular flexibility index (Phi) is 9.43. The Morgan fingerprint density at radius 2 is 0.793 bits per heavy atom. The van der Waals surface area contributed by atoms with Gasteiger partial charge in [-0.2, -0.15) is 0 Å². The van der Waals surface area contributed by atoms with E-state index in [1.54, 1.807) is 0 Å². The van der Waals surface area contributed by atoms with Gasteiger partial charge in [-0.05, 0) is 118 Å². The Bertz CT molecular complexity index is 2850. The van der Waals surface area contributed by atoms with Crippen LogP contribution in [0, 0.1) is 0 Å². The second-order valence-electron chi connectivity index (χ2n) is 14.8. The zero-order valence-corrected chi connectivity index (χ0v) is 32.2. The molecule has 0 amide bonds. The van der Waals surface area contributed by atoms with Crippen LogP contribution in [0.4, 0.5) is 34.1 Å². The minimum absolute atomic E-state index is 1.08. The summed E-state index contributed by atoms with van der Waals surface area (Å²) >= 11 is 0. The number of allylic oxidation sites excluding steroid dienone is 1. The molecule has 9 aromatic rings. The Morgan fingerprint density at radius 1 is 0.328 bits per heavy atom. The lowest BCUT2D eigenvalue weighted by Gasteiger charge is -2.29. The van der Waals surface area contributed by atoms with E-state index in [2.05, 4.69) is 240 Å². The number of para-hydroxylation sites is 3. The minimum Gasteiger partial charge on any atom is -0.310 e. The molecule has 0 heterocycles. The highest BCUT2D eigenvalue weighted by atomic mass is 15.1. The van der Waals surface area contributed by atoms with Crippen molar-refractivity contribution < 1.29 is 0 Å². The first-order valence-electron chi connectivity index (χ1n) is 20.2. The fourth-order valence-electron chi connectivity index (χ4n) is 8.48. The van der Waals surface area contributed by atoms with E-state index in [-0.39, 0.29) is 0 Å². The fourth-order valence-corrected chi connectivity index (χ4v) is 8.48. The summed E-state index contributed by atoms with van der Waals surface area (Å²) in [6, 6.07) is 78.9. The van der Waals surface area contributed by atoms with Crippen molar-refractivity contribution in [1.82, 2.24) is 0 Å². The van der Waals surface area contributed by atoms with Gasteiger partial charge in [0.2, 0.25) is 0 Å². The molecule has 10 rings (SSSR count). The van der Waals surface area contributed by atoms with Crippen LogP contribution in [0.25, 0.3) is 50.2 Å². The molecule has 9 aromatic carbocycles. The maximum absolute atomic E-state index is 2.38. The highest BCUT2D eigenvalue weighted by Crippen LogP contribution is 2.43. The summed E-state index contributed by atoms with van der Waals surface area (Å²) in [5.41, 5.74) is 16.7. The van der Waals surface area contributed by atoms with Crippen molar-refractivity contribution >= 4 is 51.0 Å². The highest BCUT2D eigenvalue weighted by molar-refractivity contribution is 5.97. The number of fused-ring (bicyclic) bond motifs is 2. The van der Waals surface area contributed by atoms with E-state index < -0.39 is 0 Å². The first-order chi connectivity index (χ1) is 28.8. The van der Waals surface area contributed by atoms with Gasteiger partial charge in [0.05, 0.1) is 11.4 Å². The SMILES string of the molecule is C1=Cc2c(cccc2N(c2ccccc2)c2ccc(-c3ccc(-c4ccccc4N(c4ccccc4)c4ccc(-c5cccc6ccccc56)cc4)cc3)cc2)CC1. The van der Waals surface area contributed by atoms with Crippen LogP contribution in [0.2, 0.25) is 0 Å². The second-order valence-corrected chi connectivity index (χ2v) is 14.8. The Balaban J connectivity index is 0.971. The average Bonchev–Trinajstić information content (AvgIpc) is 3.31. The van der Waals surface area contributed by atoms with Gasteiger partial charge in [-0.15, -0.1) is 0 Å². The van der Waals surface area contributed by atoms with Gasteiger partial charge in [0.15, 0.2) is 0 Å². The lowest BCUT2D eigenvalue weighted by molar-refractivity contribution is 0.984. The first kappa shape index (κ1) is 35.0. The van der Waals surface area contributed by atoms with Crippen LogP contribution >= 0.6 is 0 Å². The van der Waals surface area contributed by atoms with Gasteiger partial charge in [-0.3, -0.25) is 0 Å². The van der Waals surface area contributed by atoms with Gasteiger partial charge in [0.1, 0.15) is 0 Å². The average molecular weight is 743 g/mol. The van der Waals surface area contributed by atoms with E-state index in [0.717, 1.165) is 41.3 Å². The molecule has 0 aromatic heterocycles. The molecule has 0 bridgehead atoms. The van der Waals surface area contributed by atoms with Crippen LogP contribution in [-0.4, -0.2) is 0 Å². The number of anilines is 6. The van der Waals surface area contributed by atoms with Gasteiger partial charge in [-0.1, -0.05) is 170 Å². The monoisotopic (exact) mass is 742 g/mol. The summed E-state index contributed by atoms with van der Waals surface area (Å²) in [5, 5.41) is 2.51. The molecule has 0 saturated heterocycles. The summed E-state index contributed by atoms with van der Waals surface area (Å²) in [7, 11) is 0. The van der Waals surface area contributed by atoms with Gasteiger partial charge in [0, 0.05) is 33.9 Å². The molecule has 0 saturated carbocycles. The Labute approximate surface area is 341 Å². The van der Waals surface area contributed by atoms with Crippen LogP contribution in [-0.2, 0) is 6.42 Å². The largest absolute Gasteiger partial charge is 0.310 e. The van der Waals surface area contributed by atoms with E-state index in [9.17, 15) is 0 Å². The summed E-state index contributed by atoms with van der Waals surface area (Å²) < 4.78 is 0. The lowest BCUT2D eigenvalue weighted by Crippen LogP contribution is -2.12. The summed E-state index contributed by atoms with van der Waals surface area (Å²) in [6.07, 6.45) is 6.75. The van der Waals surface area contributed by atoms with Crippen LogP contribution in [0.15, 0.2) is 224 Å². The van der Waals surface area contributed by atoms with E-state index in [0.29, 0.717) is 0 Å². The van der Waals surface area contributed by atoms with Crippen molar-refractivity contribution in [3.05, 3.63) is 236 Å². The molecule has 1 aliphatic carbocycles. The Hall–Kier alpha value is -7.42. The fraction of sp³-hybridized carbons (Fsp3) is 0.0357. The van der Waals surface area contributed by atoms with Crippen LogP contribution < -0.4 is 9.80 Å². The van der Waals surface area contributed by atoms with Crippen molar-refractivity contribution in [3.63, 3.8) is 0 Å². The maximum atomic E-state index is 2.38. The molecule has 1 aliphatic rings.